The maximum atomic E-state index is 10.7. The van der Waals surface area contributed by atoms with Crippen LogP contribution >= 0.6 is 0 Å². The molecule has 20 heavy (non-hydrogen) atoms. The van der Waals surface area contributed by atoms with Gasteiger partial charge >= 0.3 is 0 Å². The van der Waals surface area contributed by atoms with Crippen LogP contribution in [-0.4, -0.2) is 29.3 Å². The number of carbonyl (C=O) groups excluding carboxylic acids is 1. The number of nitrogens with zero attached hydrogens (tertiary/aromatic N) is 2. The fourth-order valence-corrected chi connectivity index (χ4v) is 2.57. The molecule has 1 aromatic heterocycles. The summed E-state index contributed by atoms with van der Waals surface area (Å²) < 4.78 is 5.54. The van der Waals surface area contributed by atoms with Crippen molar-refractivity contribution >= 4 is 6.29 Å². The van der Waals surface area contributed by atoms with Gasteiger partial charge in [-0.3, -0.25) is 4.90 Å². The number of aromatic nitrogens is 1. The van der Waals surface area contributed by atoms with Gasteiger partial charge in [-0.05, 0) is 38.1 Å². The molecule has 1 fully saturated rings. The topological polar surface area (TPSA) is 46.3 Å². The van der Waals surface area contributed by atoms with E-state index in [4.69, 9.17) is 4.42 Å². The molecule has 2 aromatic rings. The second-order valence-corrected chi connectivity index (χ2v) is 5.26. The molecular formula is C16H18N2O2. The Kier molecular flexibility index (Phi) is 3.92. The largest absolute Gasteiger partial charge is 0.444 e. The lowest BCUT2D eigenvalue weighted by atomic mass is 9.99. The Morgan fingerprint density at radius 2 is 2.00 bits per heavy atom. The van der Waals surface area contributed by atoms with Crippen LogP contribution in [0.15, 0.2) is 41.0 Å². The molecule has 0 unspecified atom stereocenters. The van der Waals surface area contributed by atoms with Crippen LogP contribution in [0.5, 0.6) is 0 Å². The van der Waals surface area contributed by atoms with E-state index in [1.807, 2.05) is 30.3 Å². The lowest BCUT2D eigenvalue weighted by molar-refractivity contribution is -0.112. The maximum Gasteiger partial charge on any atom is 0.226 e. The highest BCUT2D eigenvalue weighted by Crippen LogP contribution is 2.20. The van der Waals surface area contributed by atoms with E-state index < -0.39 is 0 Å². The van der Waals surface area contributed by atoms with E-state index >= 15 is 0 Å². The molecule has 0 amide bonds. The Morgan fingerprint density at radius 3 is 2.70 bits per heavy atom. The number of hydrogen-bond acceptors (Lipinski definition) is 4. The van der Waals surface area contributed by atoms with Gasteiger partial charge < -0.3 is 9.21 Å². The van der Waals surface area contributed by atoms with Crippen molar-refractivity contribution in [1.29, 1.82) is 0 Å². The third-order valence-electron chi connectivity index (χ3n) is 3.78. The van der Waals surface area contributed by atoms with Crippen LogP contribution < -0.4 is 0 Å². The lowest BCUT2D eigenvalue weighted by Crippen LogP contribution is -2.33. The van der Waals surface area contributed by atoms with Gasteiger partial charge in [-0.1, -0.05) is 18.2 Å². The molecular weight excluding hydrogens is 252 g/mol. The zero-order valence-electron chi connectivity index (χ0n) is 11.4. The van der Waals surface area contributed by atoms with Gasteiger partial charge in [-0.25, -0.2) is 4.98 Å². The number of carbonyl (C=O) groups is 1. The van der Waals surface area contributed by atoms with E-state index in [0.29, 0.717) is 5.89 Å². The molecule has 4 nitrogen and oxygen atoms in total. The van der Waals surface area contributed by atoms with Crippen LogP contribution in [0, 0.1) is 5.92 Å². The minimum atomic E-state index is 0.239. The van der Waals surface area contributed by atoms with Gasteiger partial charge in [0.05, 0.1) is 5.69 Å². The van der Waals surface area contributed by atoms with Crippen molar-refractivity contribution in [2.75, 3.05) is 13.1 Å². The van der Waals surface area contributed by atoms with Crippen LogP contribution in [0.25, 0.3) is 11.5 Å². The Hall–Kier alpha value is -1.94. The monoisotopic (exact) mass is 270 g/mol. The lowest BCUT2D eigenvalue weighted by Gasteiger charge is -2.28. The normalized spacial score (nSPS) is 17.2. The van der Waals surface area contributed by atoms with Crippen molar-refractivity contribution in [3.05, 3.63) is 42.3 Å². The van der Waals surface area contributed by atoms with Crippen molar-refractivity contribution in [2.24, 2.45) is 5.92 Å². The average Bonchev–Trinajstić information content (AvgIpc) is 2.97. The third-order valence-corrected chi connectivity index (χ3v) is 3.78. The molecule has 0 N–H and O–H groups in total. The van der Waals surface area contributed by atoms with E-state index in [1.54, 1.807) is 6.26 Å². The molecule has 0 radical (unpaired) electrons. The number of rotatable bonds is 4. The summed E-state index contributed by atoms with van der Waals surface area (Å²) in [6, 6.07) is 9.91. The highest BCUT2D eigenvalue weighted by atomic mass is 16.3. The Morgan fingerprint density at radius 1 is 1.25 bits per heavy atom. The summed E-state index contributed by atoms with van der Waals surface area (Å²) >= 11 is 0. The van der Waals surface area contributed by atoms with Gasteiger partial charge in [0.15, 0.2) is 0 Å². The molecule has 0 spiro atoms. The first kappa shape index (κ1) is 13.1. The molecule has 0 aliphatic carbocycles. The van der Waals surface area contributed by atoms with Crippen LogP contribution in [0.4, 0.5) is 0 Å². The van der Waals surface area contributed by atoms with E-state index in [0.717, 1.165) is 50.0 Å². The van der Waals surface area contributed by atoms with Gasteiger partial charge in [0.25, 0.3) is 0 Å². The number of hydrogen-bond donors (Lipinski definition) is 0. The quantitative estimate of drug-likeness (QED) is 0.801. The first-order valence-corrected chi connectivity index (χ1v) is 7.02. The van der Waals surface area contributed by atoms with Crippen molar-refractivity contribution in [1.82, 2.24) is 9.88 Å². The van der Waals surface area contributed by atoms with Crippen molar-refractivity contribution < 1.29 is 9.21 Å². The molecule has 3 rings (SSSR count). The van der Waals surface area contributed by atoms with Crippen molar-refractivity contribution in [3.63, 3.8) is 0 Å². The predicted molar refractivity (Wildman–Crippen MR) is 76.0 cm³/mol. The average molecular weight is 270 g/mol. The molecule has 1 aliphatic rings. The van der Waals surface area contributed by atoms with Gasteiger partial charge in [0.1, 0.15) is 12.5 Å². The van der Waals surface area contributed by atoms with E-state index in [9.17, 15) is 4.79 Å². The number of likely N-dealkylation sites (tertiary alicyclic amines) is 1. The molecule has 1 saturated heterocycles. The van der Waals surface area contributed by atoms with Crippen molar-refractivity contribution in [3.8, 4) is 11.5 Å². The minimum absolute atomic E-state index is 0.239. The highest BCUT2D eigenvalue weighted by Gasteiger charge is 2.19. The summed E-state index contributed by atoms with van der Waals surface area (Å²) in [7, 11) is 0. The fraction of sp³-hybridized carbons (Fsp3) is 0.375. The Balaban J connectivity index is 1.62. The SMILES string of the molecule is O=CC1CCN(Cc2coc(-c3ccccc3)n2)CC1. The summed E-state index contributed by atoms with van der Waals surface area (Å²) in [6.45, 7) is 2.70. The summed E-state index contributed by atoms with van der Waals surface area (Å²) in [5, 5.41) is 0. The smallest absolute Gasteiger partial charge is 0.226 e. The molecule has 0 saturated carbocycles. The second kappa shape index (κ2) is 6.01. The number of aldehydes is 1. The van der Waals surface area contributed by atoms with Gasteiger partial charge in [0, 0.05) is 18.0 Å². The van der Waals surface area contributed by atoms with Gasteiger partial charge in [0.2, 0.25) is 5.89 Å². The second-order valence-electron chi connectivity index (χ2n) is 5.26. The molecule has 0 bridgehead atoms. The molecule has 4 heteroatoms. The minimum Gasteiger partial charge on any atom is -0.444 e. The summed E-state index contributed by atoms with van der Waals surface area (Å²) in [5.74, 6) is 0.909. The van der Waals surface area contributed by atoms with Gasteiger partial charge in [-0.2, -0.15) is 0 Å². The first-order chi connectivity index (χ1) is 9.85. The summed E-state index contributed by atoms with van der Waals surface area (Å²) in [6.07, 6.45) is 4.72. The van der Waals surface area contributed by atoms with Crippen molar-refractivity contribution in [2.45, 2.75) is 19.4 Å². The summed E-state index contributed by atoms with van der Waals surface area (Å²) in [4.78, 5) is 17.6. The number of piperidine rings is 1. The third kappa shape index (κ3) is 2.96. The Labute approximate surface area is 118 Å². The van der Waals surface area contributed by atoms with Crippen LogP contribution in [0.3, 0.4) is 0 Å². The van der Waals surface area contributed by atoms with Crippen LogP contribution in [0.2, 0.25) is 0 Å². The molecule has 104 valence electrons. The molecule has 2 heterocycles. The maximum absolute atomic E-state index is 10.7. The van der Waals surface area contributed by atoms with E-state index in [2.05, 4.69) is 9.88 Å². The highest BCUT2D eigenvalue weighted by molar-refractivity contribution is 5.53. The molecule has 0 atom stereocenters. The predicted octanol–water partition coefficient (Wildman–Crippen LogP) is 2.75. The molecule has 1 aliphatic heterocycles. The number of oxazole rings is 1. The fourth-order valence-electron chi connectivity index (χ4n) is 2.57. The zero-order valence-corrected chi connectivity index (χ0v) is 11.4. The zero-order chi connectivity index (χ0) is 13.8. The molecule has 1 aromatic carbocycles. The van der Waals surface area contributed by atoms with Crippen LogP contribution in [-0.2, 0) is 11.3 Å². The Bertz CT molecular complexity index is 557. The standard InChI is InChI=1S/C16H18N2O2/c19-11-13-6-8-18(9-7-13)10-15-12-20-16(17-15)14-4-2-1-3-5-14/h1-5,11-13H,6-10H2. The first-order valence-electron chi connectivity index (χ1n) is 7.02. The van der Waals surface area contributed by atoms with Gasteiger partial charge in [-0.15, -0.1) is 0 Å². The van der Waals surface area contributed by atoms with Crippen LogP contribution in [0.1, 0.15) is 18.5 Å². The number of benzene rings is 1. The van der Waals surface area contributed by atoms with E-state index in [1.165, 1.54) is 0 Å². The summed E-state index contributed by atoms with van der Waals surface area (Å²) in [5.41, 5.74) is 1.95. The van der Waals surface area contributed by atoms with E-state index in [-0.39, 0.29) is 5.92 Å².